The van der Waals surface area contributed by atoms with Gasteiger partial charge < -0.3 is 14.7 Å². The maximum Gasteiger partial charge on any atom is 0.257 e. The number of ether oxygens (including phenoxy) is 1. The second-order valence-electron chi connectivity index (χ2n) is 6.62. The Bertz CT molecular complexity index is 737. The third-order valence-electron chi connectivity index (χ3n) is 5.04. The van der Waals surface area contributed by atoms with Gasteiger partial charge >= 0.3 is 0 Å². The van der Waals surface area contributed by atoms with E-state index in [-0.39, 0.29) is 11.9 Å². The van der Waals surface area contributed by atoms with E-state index in [1.807, 2.05) is 31.2 Å². The largest absolute Gasteiger partial charge is 0.497 e. The van der Waals surface area contributed by atoms with Crippen molar-refractivity contribution in [1.82, 2.24) is 14.7 Å². The summed E-state index contributed by atoms with van der Waals surface area (Å²) in [6.45, 7) is 5.13. The number of nitrogens with zero attached hydrogens (tertiary/aromatic N) is 3. The zero-order valence-corrected chi connectivity index (χ0v) is 15.0. The van der Waals surface area contributed by atoms with Crippen LogP contribution in [-0.2, 0) is 12.1 Å². The van der Waals surface area contributed by atoms with Crippen LogP contribution in [-0.4, -0.2) is 45.4 Å². The number of amides is 1. The standard InChI is InChI=1S/C19H25N3O3/c1-4-21-13-14(12-20-21)18(23)22-11-5-6-17(22)19(2,24)15-7-9-16(25-3)10-8-15/h7-10,12-13,17,24H,4-6,11H2,1-3H3/t17-,19+/m1/s1. The molecule has 6 nitrogen and oxygen atoms in total. The van der Waals surface area contributed by atoms with Gasteiger partial charge in [-0.1, -0.05) is 12.1 Å². The molecule has 1 aliphatic rings. The number of methoxy groups -OCH3 is 1. The van der Waals surface area contributed by atoms with Gasteiger partial charge in [0.1, 0.15) is 11.4 Å². The van der Waals surface area contributed by atoms with Crippen molar-refractivity contribution in [3.05, 3.63) is 47.8 Å². The number of aromatic nitrogens is 2. The van der Waals surface area contributed by atoms with Crippen LogP contribution < -0.4 is 4.74 Å². The molecule has 1 fully saturated rings. The molecule has 6 heteroatoms. The summed E-state index contributed by atoms with van der Waals surface area (Å²) in [5.74, 6) is 0.668. The van der Waals surface area contributed by atoms with Crippen molar-refractivity contribution >= 4 is 5.91 Å². The maximum atomic E-state index is 12.9. The zero-order valence-electron chi connectivity index (χ0n) is 15.0. The van der Waals surface area contributed by atoms with Crippen LogP contribution in [0.5, 0.6) is 5.75 Å². The number of aryl methyl sites for hydroxylation is 1. The third-order valence-corrected chi connectivity index (χ3v) is 5.04. The zero-order chi connectivity index (χ0) is 18.0. The smallest absolute Gasteiger partial charge is 0.257 e. The van der Waals surface area contributed by atoms with Gasteiger partial charge in [-0.3, -0.25) is 9.48 Å². The van der Waals surface area contributed by atoms with Crippen LogP contribution in [0.15, 0.2) is 36.7 Å². The number of benzene rings is 1. The summed E-state index contributed by atoms with van der Waals surface area (Å²) >= 11 is 0. The van der Waals surface area contributed by atoms with E-state index >= 15 is 0 Å². The molecule has 3 rings (SSSR count). The lowest BCUT2D eigenvalue weighted by molar-refractivity contribution is -0.0177. The SMILES string of the molecule is CCn1cc(C(=O)N2CCC[C@@H]2[C@@](C)(O)c2ccc(OC)cc2)cn1. The lowest BCUT2D eigenvalue weighted by atomic mass is 9.86. The Labute approximate surface area is 148 Å². The molecule has 2 heterocycles. The van der Waals surface area contributed by atoms with Crippen molar-refractivity contribution in [2.75, 3.05) is 13.7 Å². The minimum Gasteiger partial charge on any atom is -0.497 e. The predicted octanol–water partition coefficient (Wildman–Crippen LogP) is 2.42. The lowest BCUT2D eigenvalue weighted by Crippen LogP contribution is -2.48. The van der Waals surface area contributed by atoms with Crippen molar-refractivity contribution in [3.8, 4) is 5.75 Å². The molecule has 134 valence electrons. The van der Waals surface area contributed by atoms with E-state index in [1.165, 1.54) is 0 Å². The minimum atomic E-state index is -1.13. The molecule has 1 amide bonds. The first-order chi connectivity index (χ1) is 12.0. The summed E-state index contributed by atoms with van der Waals surface area (Å²) in [6, 6.07) is 7.11. The molecule has 25 heavy (non-hydrogen) atoms. The fourth-order valence-corrected chi connectivity index (χ4v) is 3.53. The fraction of sp³-hybridized carbons (Fsp3) is 0.474. The molecule has 1 saturated heterocycles. The van der Waals surface area contributed by atoms with E-state index in [2.05, 4.69) is 5.10 Å². The molecule has 0 unspecified atom stereocenters. The number of carbonyl (C=O) groups excluding carboxylic acids is 1. The number of rotatable bonds is 5. The highest BCUT2D eigenvalue weighted by Crippen LogP contribution is 2.36. The third kappa shape index (κ3) is 3.26. The minimum absolute atomic E-state index is 0.0732. The van der Waals surface area contributed by atoms with Gasteiger partial charge in [-0.2, -0.15) is 5.10 Å². The summed E-state index contributed by atoms with van der Waals surface area (Å²) in [5, 5.41) is 15.4. The Hall–Kier alpha value is -2.34. The Morgan fingerprint density at radius 3 is 2.72 bits per heavy atom. The molecular weight excluding hydrogens is 318 g/mol. The molecule has 1 aliphatic heterocycles. The summed E-state index contributed by atoms with van der Waals surface area (Å²) in [5.41, 5.74) is 0.223. The first kappa shape index (κ1) is 17.5. The predicted molar refractivity (Wildman–Crippen MR) is 94.5 cm³/mol. The highest BCUT2D eigenvalue weighted by molar-refractivity contribution is 5.94. The van der Waals surface area contributed by atoms with Crippen LogP contribution >= 0.6 is 0 Å². The van der Waals surface area contributed by atoms with Crippen LogP contribution in [0.2, 0.25) is 0 Å². The Balaban J connectivity index is 1.85. The summed E-state index contributed by atoms with van der Waals surface area (Å²) < 4.78 is 6.92. The first-order valence-corrected chi connectivity index (χ1v) is 8.67. The van der Waals surface area contributed by atoms with E-state index in [4.69, 9.17) is 4.74 Å². The van der Waals surface area contributed by atoms with Gasteiger partial charge in [-0.25, -0.2) is 0 Å². The number of likely N-dealkylation sites (tertiary alicyclic amines) is 1. The van der Waals surface area contributed by atoms with E-state index < -0.39 is 5.60 Å². The first-order valence-electron chi connectivity index (χ1n) is 8.67. The monoisotopic (exact) mass is 343 g/mol. The fourth-order valence-electron chi connectivity index (χ4n) is 3.53. The van der Waals surface area contributed by atoms with E-state index in [0.29, 0.717) is 12.1 Å². The molecule has 0 bridgehead atoms. The molecule has 1 aromatic carbocycles. The number of hydrogen-bond acceptors (Lipinski definition) is 4. The highest BCUT2D eigenvalue weighted by atomic mass is 16.5. The average Bonchev–Trinajstić information content (AvgIpc) is 3.30. The van der Waals surface area contributed by atoms with Crippen LogP contribution in [0.3, 0.4) is 0 Å². The van der Waals surface area contributed by atoms with E-state index in [1.54, 1.807) is 36.0 Å². The van der Waals surface area contributed by atoms with Gasteiger partial charge in [-0.05, 0) is 44.4 Å². The highest BCUT2D eigenvalue weighted by Gasteiger charge is 2.43. The normalized spacial score (nSPS) is 19.7. The Morgan fingerprint density at radius 2 is 2.12 bits per heavy atom. The molecule has 2 aromatic rings. The lowest BCUT2D eigenvalue weighted by Gasteiger charge is -2.37. The van der Waals surface area contributed by atoms with Crippen LogP contribution in [0.1, 0.15) is 42.6 Å². The van der Waals surface area contributed by atoms with Crippen molar-refractivity contribution in [2.45, 2.75) is 44.9 Å². The van der Waals surface area contributed by atoms with Crippen molar-refractivity contribution in [1.29, 1.82) is 0 Å². The molecule has 0 saturated carbocycles. The average molecular weight is 343 g/mol. The van der Waals surface area contributed by atoms with E-state index in [0.717, 1.165) is 30.7 Å². The summed E-state index contributed by atoms with van der Waals surface area (Å²) in [4.78, 5) is 14.7. The van der Waals surface area contributed by atoms with Gasteiger partial charge in [0.05, 0.1) is 24.9 Å². The summed E-state index contributed by atoms with van der Waals surface area (Å²) in [7, 11) is 1.61. The van der Waals surface area contributed by atoms with Gasteiger partial charge in [-0.15, -0.1) is 0 Å². The van der Waals surface area contributed by atoms with Gasteiger partial charge in [0.25, 0.3) is 5.91 Å². The second-order valence-corrected chi connectivity index (χ2v) is 6.62. The molecule has 0 spiro atoms. The molecular formula is C19H25N3O3. The van der Waals surface area contributed by atoms with Gasteiger partial charge in [0, 0.05) is 19.3 Å². The van der Waals surface area contributed by atoms with E-state index in [9.17, 15) is 9.90 Å². The van der Waals surface area contributed by atoms with Gasteiger partial charge in [0.15, 0.2) is 0 Å². The Morgan fingerprint density at radius 1 is 1.40 bits per heavy atom. The summed E-state index contributed by atoms with van der Waals surface area (Å²) in [6.07, 6.45) is 5.01. The van der Waals surface area contributed by atoms with Crippen molar-refractivity contribution in [2.24, 2.45) is 0 Å². The molecule has 0 radical (unpaired) electrons. The molecule has 2 atom stereocenters. The maximum absolute atomic E-state index is 12.9. The van der Waals surface area contributed by atoms with Crippen molar-refractivity contribution < 1.29 is 14.6 Å². The van der Waals surface area contributed by atoms with Crippen LogP contribution in [0.4, 0.5) is 0 Å². The molecule has 1 aromatic heterocycles. The topological polar surface area (TPSA) is 67.6 Å². The molecule has 1 N–H and O–H groups in total. The van der Waals surface area contributed by atoms with Crippen LogP contribution in [0.25, 0.3) is 0 Å². The second kappa shape index (κ2) is 6.88. The number of carbonyl (C=O) groups is 1. The molecule has 0 aliphatic carbocycles. The van der Waals surface area contributed by atoms with Crippen molar-refractivity contribution in [3.63, 3.8) is 0 Å². The number of hydrogen-bond donors (Lipinski definition) is 1. The van der Waals surface area contributed by atoms with Gasteiger partial charge in [0.2, 0.25) is 0 Å². The van der Waals surface area contributed by atoms with Crippen LogP contribution in [0, 0.1) is 0 Å². The number of aliphatic hydroxyl groups is 1. The quantitative estimate of drug-likeness (QED) is 0.905. The Kier molecular flexibility index (Phi) is 4.81.